The third-order valence-corrected chi connectivity index (χ3v) is 5.84. The Labute approximate surface area is 174 Å². The van der Waals surface area contributed by atoms with Crippen LogP contribution in [0.5, 0.6) is 0 Å². The van der Waals surface area contributed by atoms with Crippen LogP contribution in [-0.2, 0) is 0 Å². The molecular weight excluding hydrogens is 417 g/mol. The highest BCUT2D eigenvalue weighted by molar-refractivity contribution is 5.95. The molecule has 31 heavy (non-hydrogen) atoms. The number of carbonyl (C=O) groups is 1. The quantitative estimate of drug-likeness (QED) is 0.643. The van der Waals surface area contributed by atoms with Crippen LogP contribution in [-0.4, -0.2) is 66.2 Å². The van der Waals surface area contributed by atoms with Gasteiger partial charge < -0.3 is 10.0 Å². The monoisotopic (exact) mass is 438 g/mol. The van der Waals surface area contributed by atoms with Crippen molar-refractivity contribution in [3.63, 3.8) is 0 Å². The van der Waals surface area contributed by atoms with E-state index in [-0.39, 0.29) is 48.9 Å². The second kappa shape index (κ2) is 7.84. The Morgan fingerprint density at radius 2 is 2.06 bits per heavy atom. The molecule has 4 rings (SSSR count). The van der Waals surface area contributed by atoms with E-state index in [9.17, 15) is 22.8 Å². The minimum absolute atomic E-state index is 0.139. The molecule has 1 aliphatic rings. The Kier molecular flexibility index (Phi) is 5.33. The lowest BCUT2D eigenvalue weighted by atomic mass is 9.84. The van der Waals surface area contributed by atoms with Crippen LogP contribution in [0.2, 0.25) is 0 Å². The molecule has 1 unspecified atom stereocenters. The number of nitrogens with zero attached hydrogens (tertiary/aromatic N) is 5. The van der Waals surface area contributed by atoms with E-state index in [1.807, 2.05) is 0 Å². The SMILES string of the molecule is Cc1c(C(=O)N2CCC(C(CO)C(F)(F)F)CC2)cnn1-c1nn2cccc2c(=O)[nH]1. The van der Waals surface area contributed by atoms with Crippen LogP contribution in [0, 0.1) is 18.8 Å². The molecule has 4 heterocycles. The highest BCUT2D eigenvalue weighted by Gasteiger charge is 2.45. The van der Waals surface area contributed by atoms with Crippen LogP contribution in [0.4, 0.5) is 13.2 Å². The normalized spacial score (nSPS) is 16.7. The van der Waals surface area contributed by atoms with Crippen LogP contribution < -0.4 is 5.56 Å². The summed E-state index contributed by atoms with van der Waals surface area (Å²) in [5, 5.41) is 17.6. The van der Waals surface area contributed by atoms with Gasteiger partial charge in [0.05, 0.1) is 30.0 Å². The fraction of sp³-hybridized carbons (Fsp3) is 0.474. The topological polar surface area (TPSA) is 109 Å². The molecule has 0 saturated carbocycles. The number of fused-ring (bicyclic) bond motifs is 1. The molecule has 2 N–H and O–H groups in total. The van der Waals surface area contributed by atoms with Gasteiger partial charge in [-0.2, -0.15) is 18.3 Å². The van der Waals surface area contributed by atoms with Gasteiger partial charge in [0.15, 0.2) is 0 Å². The van der Waals surface area contributed by atoms with Crippen molar-refractivity contribution in [1.82, 2.24) is 29.3 Å². The summed E-state index contributed by atoms with van der Waals surface area (Å²) in [6, 6.07) is 3.29. The average molecular weight is 438 g/mol. The van der Waals surface area contributed by atoms with Crippen molar-refractivity contribution in [3.8, 4) is 5.95 Å². The molecule has 12 heteroatoms. The Bertz CT molecular complexity index is 1160. The molecule has 0 radical (unpaired) electrons. The average Bonchev–Trinajstić information content (AvgIpc) is 3.34. The van der Waals surface area contributed by atoms with E-state index >= 15 is 0 Å². The first-order valence-corrected chi connectivity index (χ1v) is 9.80. The van der Waals surface area contributed by atoms with Crippen LogP contribution in [0.3, 0.4) is 0 Å². The highest BCUT2D eigenvalue weighted by atomic mass is 19.4. The standard InChI is InChI=1S/C19H21F3N6O3/c1-11-13(9-23-28(11)18-24-16(30)15-3-2-6-27(15)25-18)17(31)26-7-4-12(5-8-26)14(10-29)19(20,21)22/h2-3,6,9,12,14,29H,4-5,7-8,10H2,1H3,(H,24,25,30). The lowest BCUT2D eigenvalue weighted by molar-refractivity contribution is -0.201. The van der Waals surface area contributed by atoms with E-state index in [4.69, 9.17) is 5.11 Å². The largest absolute Gasteiger partial charge is 0.396 e. The van der Waals surface area contributed by atoms with Crippen LogP contribution in [0.15, 0.2) is 29.3 Å². The van der Waals surface area contributed by atoms with Crippen molar-refractivity contribution in [2.24, 2.45) is 11.8 Å². The number of alkyl halides is 3. The van der Waals surface area contributed by atoms with Crippen LogP contribution in [0.25, 0.3) is 11.5 Å². The number of hydrogen-bond donors (Lipinski definition) is 2. The third kappa shape index (κ3) is 3.82. The van der Waals surface area contributed by atoms with Crippen molar-refractivity contribution >= 4 is 11.4 Å². The van der Waals surface area contributed by atoms with Crippen molar-refractivity contribution in [3.05, 3.63) is 46.1 Å². The number of aliphatic hydroxyl groups excluding tert-OH is 1. The molecule has 3 aromatic heterocycles. The lowest BCUT2D eigenvalue weighted by Gasteiger charge is -2.36. The molecule has 0 bridgehead atoms. The molecule has 1 aliphatic heterocycles. The summed E-state index contributed by atoms with van der Waals surface area (Å²) in [6.45, 7) is 1.01. The van der Waals surface area contributed by atoms with Gasteiger partial charge in [0.25, 0.3) is 11.5 Å². The molecule has 1 fully saturated rings. The van der Waals surface area contributed by atoms with Crippen LogP contribution >= 0.6 is 0 Å². The maximum Gasteiger partial charge on any atom is 0.394 e. The first-order valence-electron chi connectivity index (χ1n) is 9.80. The molecular formula is C19H21F3N6O3. The minimum atomic E-state index is -4.46. The smallest absolute Gasteiger partial charge is 0.394 e. The van der Waals surface area contributed by atoms with Gasteiger partial charge in [-0.3, -0.25) is 14.6 Å². The van der Waals surface area contributed by atoms with E-state index in [1.54, 1.807) is 25.3 Å². The molecule has 3 aromatic rings. The number of aromatic amines is 1. The summed E-state index contributed by atoms with van der Waals surface area (Å²) in [6.07, 6.45) is -1.18. The van der Waals surface area contributed by atoms with Gasteiger partial charge in [0, 0.05) is 19.3 Å². The number of rotatable bonds is 4. The Morgan fingerprint density at radius 3 is 2.71 bits per heavy atom. The van der Waals surface area contributed by atoms with Gasteiger partial charge in [-0.05, 0) is 37.8 Å². The maximum atomic E-state index is 13.1. The van der Waals surface area contributed by atoms with E-state index in [1.165, 1.54) is 20.3 Å². The number of amides is 1. The molecule has 0 spiro atoms. The van der Waals surface area contributed by atoms with E-state index in [0.29, 0.717) is 11.2 Å². The number of aliphatic hydroxyl groups is 1. The van der Waals surface area contributed by atoms with Crippen LogP contribution in [0.1, 0.15) is 28.9 Å². The van der Waals surface area contributed by atoms with E-state index in [0.717, 1.165) is 0 Å². The van der Waals surface area contributed by atoms with E-state index < -0.39 is 24.6 Å². The summed E-state index contributed by atoms with van der Waals surface area (Å²) in [5.41, 5.74) is 0.740. The number of carbonyl (C=O) groups excluding carboxylic acids is 1. The minimum Gasteiger partial charge on any atom is -0.396 e. The zero-order chi connectivity index (χ0) is 22.3. The second-order valence-electron chi connectivity index (χ2n) is 7.63. The number of likely N-dealkylation sites (tertiary alicyclic amines) is 1. The predicted molar refractivity (Wildman–Crippen MR) is 103 cm³/mol. The summed E-state index contributed by atoms with van der Waals surface area (Å²) in [7, 11) is 0. The summed E-state index contributed by atoms with van der Waals surface area (Å²) >= 11 is 0. The molecule has 0 aromatic carbocycles. The Hall–Kier alpha value is -3.15. The number of aromatic nitrogens is 5. The highest BCUT2D eigenvalue weighted by Crippen LogP contribution is 2.37. The summed E-state index contributed by atoms with van der Waals surface area (Å²) < 4.78 is 41.9. The van der Waals surface area contributed by atoms with Crippen molar-refractivity contribution in [2.45, 2.75) is 25.9 Å². The third-order valence-electron chi connectivity index (χ3n) is 5.84. The summed E-state index contributed by atoms with van der Waals surface area (Å²) in [5.74, 6) is -2.71. The van der Waals surface area contributed by atoms with Gasteiger partial charge in [-0.15, -0.1) is 5.10 Å². The van der Waals surface area contributed by atoms with Crippen molar-refractivity contribution in [1.29, 1.82) is 0 Å². The van der Waals surface area contributed by atoms with Gasteiger partial charge in [0.1, 0.15) is 5.52 Å². The number of piperidine rings is 1. The predicted octanol–water partition coefficient (Wildman–Crippen LogP) is 1.54. The number of halogens is 3. The Morgan fingerprint density at radius 1 is 1.35 bits per heavy atom. The zero-order valence-electron chi connectivity index (χ0n) is 16.6. The number of H-pyrrole nitrogens is 1. The van der Waals surface area contributed by atoms with Gasteiger partial charge in [-0.1, -0.05) is 0 Å². The summed E-state index contributed by atoms with van der Waals surface area (Å²) in [4.78, 5) is 29.2. The van der Waals surface area contributed by atoms with E-state index in [2.05, 4.69) is 15.2 Å². The molecule has 0 aliphatic carbocycles. The first kappa shape index (κ1) is 21.1. The van der Waals surface area contributed by atoms with Gasteiger partial charge in [-0.25, -0.2) is 9.20 Å². The lowest BCUT2D eigenvalue weighted by Crippen LogP contribution is -2.43. The molecule has 1 amide bonds. The maximum absolute atomic E-state index is 13.1. The Balaban J connectivity index is 1.52. The first-order chi connectivity index (χ1) is 14.7. The van der Waals surface area contributed by atoms with Crippen molar-refractivity contribution in [2.75, 3.05) is 19.7 Å². The molecule has 1 saturated heterocycles. The molecule has 166 valence electrons. The second-order valence-corrected chi connectivity index (χ2v) is 7.63. The van der Waals surface area contributed by atoms with Gasteiger partial charge >= 0.3 is 6.18 Å². The van der Waals surface area contributed by atoms with Gasteiger partial charge in [0.2, 0.25) is 5.95 Å². The van der Waals surface area contributed by atoms with Crippen molar-refractivity contribution < 1.29 is 23.1 Å². The number of hydrogen-bond acceptors (Lipinski definition) is 5. The zero-order valence-corrected chi connectivity index (χ0v) is 16.6. The fourth-order valence-electron chi connectivity index (χ4n) is 4.06. The fourth-order valence-corrected chi connectivity index (χ4v) is 4.06. The number of nitrogens with one attached hydrogen (secondary N) is 1. The molecule has 9 nitrogen and oxygen atoms in total. The molecule has 1 atom stereocenters.